The highest BCUT2D eigenvalue weighted by Gasteiger charge is 2.15. The van der Waals surface area contributed by atoms with Crippen LogP contribution < -0.4 is 10.0 Å². The number of nitrogens with one attached hydrogen (secondary N) is 2. The lowest BCUT2D eigenvalue weighted by Gasteiger charge is -2.10. The minimum absolute atomic E-state index is 0.0110. The Morgan fingerprint density at radius 3 is 2.70 bits per heavy atom. The van der Waals surface area contributed by atoms with Crippen molar-refractivity contribution in [1.29, 1.82) is 0 Å². The number of urea groups is 1. The first-order chi connectivity index (χ1) is 11.0. The molecule has 2 rings (SSSR count). The Kier molecular flexibility index (Phi) is 5.72. The van der Waals surface area contributed by atoms with E-state index in [1.807, 2.05) is 35.1 Å². The largest absolute Gasteiger partial charge is 0.376 e. The molecule has 2 aromatic carbocycles. The lowest BCUT2D eigenvalue weighted by atomic mass is 10.1. The smallest absolute Gasteiger partial charge is 0.332 e. The monoisotopic (exact) mass is 334 g/mol. The summed E-state index contributed by atoms with van der Waals surface area (Å²) in [5.41, 5.74) is 0.540. The molecule has 6 nitrogen and oxygen atoms in total. The Labute approximate surface area is 135 Å². The minimum atomic E-state index is -3.76. The van der Waals surface area contributed by atoms with Crippen molar-refractivity contribution in [3.8, 4) is 0 Å². The van der Waals surface area contributed by atoms with E-state index in [2.05, 4.69) is 11.9 Å². The van der Waals surface area contributed by atoms with Crippen LogP contribution in [0.2, 0.25) is 0 Å². The van der Waals surface area contributed by atoms with E-state index in [9.17, 15) is 13.2 Å². The van der Waals surface area contributed by atoms with Gasteiger partial charge in [0.05, 0.1) is 24.7 Å². The molecule has 0 fully saturated rings. The SMILES string of the molecule is C=CCOCCS(=O)(=O)NC(=O)Nc1cccc2ccccc12. The highest BCUT2D eigenvalue weighted by atomic mass is 32.2. The molecular formula is C16H18N2O4S. The van der Waals surface area contributed by atoms with Crippen molar-refractivity contribution < 1.29 is 17.9 Å². The molecule has 2 aromatic rings. The molecule has 0 saturated heterocycles. The van der Waals surface area contributed by atoms with E-state index in [1.165, 1.54) is 6.08 Å². The van der Waals surface area contributed by atoms with Crippen molar-refractivity contribution >= 4 is 32.5 Å². The third kappa shape index (κ3) is 5.08. The Balaban J connectivity index is 2.00. The first kappa shape index (κ1) is 17.0. The molecule has 0 unspecified atom stereocenters. The second-order valence-electron chi connectivity index (χ2n) is 4.77. The second kappa shape index (κ2) is 7.75. The summed E-state index contributed by atoms with van der Waals surface area (Å²) < 4.78 is 30.5. The Morgan fingerprint density at radius 1 is 1.17 bits per heavy atom. The van der Waals surface area contributed by atoms with E-state index in [0.717, 1.165) is 10.8 Å². The van der Waals surface area contributed by atoms with Gasteiger partial charge >= 0.3 is 6.03 Å². The van der Waals surface area contributed by atoms with Crippen LogP contribution in [0.15, 0.2) is 55.1 Å². The summed E-state index contributed by atoms with van der Waals surface area (Å²) in [6, 6.07) is 12.1. The van der Waals surface area contributed by atoms with E-state index >= 15 is 0 Å². The standard InChI is InChI=1S/C16H18N2O4S/c1-2-10-22-11-12-23(20,21)18-16(19)17-15-9-5-7-13-6-3-4-8-14(13)15/h2-9H,1,10-12H2,(H2,17,18,19). The van der Waals surface area contributed by atoms with Crippen LogP contribution in [-0.4, -0.2) is 33.4 Å². The van der Waals surface area contributed by atoms with Crippen molar-refractivity contribution in [2.45, 2.75) is 0 Å². The predicted octanol–water partition coefficient (Wildman–Crippen LogP) is 2.49. The van der Waals surface area contributed by atoms with E-state index in [4.69, 9.17) is 4.74 Å². The molecule has 0 heterocycles. The fourth-order valence-electron chi connectivity index (χ4n) is 2.01. The summed E-state index contributed by atoms with van der Waals surface area (Å²) in [5.74, 6) is -0.302. The minimum Gasteiger partial charge on any atom is -0.376 e. The van der Waals surface area contributed by atoms with Gasteiger partial charge in [0, 0.05) is 5.39 Å². The number of carbonyl (C=O) groups excluding carboxylic acids is 1. The Morgan fingerprint density at radius 2 is 1.91 bits per heavy atom. The maximum atomic E-state index is 11.9. The molecule has 7 heteroatoms. The van der Waals surface area contributed by atoms with Crippen LogP contribution in [0.1, 0.15) is 0 Å². The van der Waals surface area contributed by atoms with Gasteiger partial charge in [-0.25, -0.2) is 17.9 Å². The quantitative estimate of drug-likeness (QED) is 0.602. The van der Waals surface area contributed by atoms with Gasteiger partial charge in [0.2, 0.25) is 10.0 Å². The summed E-state index contributed by atoms with van der Waals surface area (Å²) in [5, 5.41) is 4.34. The second-order valence-corrected chi connectivity index (χ2v) is 6.61. The van der Waals surface area contributed by atoms with Crippen LogP contribution in [0.25, 0.3) is 10.8 Å². The third-order valence-corrected chi connectivity index (χ3v) is 4.22. The summed E-state index contributed by atoms with van der Waals surface area (Å²) in [4.78, 5) is 11.9. The number of hydrogen-bond acceptors (Lipinski definition) is 4. The molecule has 0 aromatic heterocycles. The molecule has 2 N–H and O–H groups in total. The maximum absolute atomic E-state index is 11.9. The number of fused-ring (bicyclic) bond motifs is 1. The van der Waals surface area contributed by atoms with Crippen LogP contribution in [0.3, 0.4) is 0 Å². The molecule has 0 radical (unpaired) electrons. The molecule has 0 spiro atoms. The zero-order valence-corrected chi connectivity index (χ0v) is 13.3. The molecule has 0 aliphatic carbocycles. The number of anilines is 1. The maximum Gasteiger partial charge on any atom is 0.332 e. The van der Waals surface area contributed by atoms with E-state index in [-0.39, 0.29) is 19.0 Å². The molecule has 2 amide bonds. The summed E-state index contributed by atoms with van der Waals surface area (Å²) in [6.45, 7) is 3.71. The fourth-order valence-corrected chi connectivity index (χ4v) is 2.78. The van der Waals surface area contributed by atoms with Crippen molar-refractivity contribution in [1.82, 2.24) is 4.72 Å². The molecular weight excluding hydrogens is 316 g/mol. The summed E-state index contributed by atoms with van der Waals surface area (Å²) >= 11 is 0. The van der Waals surface area contributed by atoms with Crippen LogP contribution in [-0.2, 0) is 14.8 Å². The van der Waals surface area contributed by atoms with Crippen LogP contribution >= 0.6 is 0 Å². The zero-order valence-electron chi connectivity index (χ0n) is 12.5. The number of amides is 2. The lowest BCUT2D eigenvalue weighted by molar-refractivity contribution is 0.179. The van der Waals surface area contributed by atoms with Gasteiger partial charge in [-0.15, -0.1) is 6.58 Å². The van der Waals surface area contributed by atoms with Crippen molar-refractivity contribution in [3.05, 3.63) is 55.1 Å². The molecule has 0 aliphatic rings. The fraction of sp³-hybridized carbons (Fsp3) is 0.188. The normalized spacial score (nSPS) is 11.1. The van der Waals surface area contributed by atoms with E-state index in [1.54, 1.807) is 12.1 Å². The highest BCUT2D eigenvalue weighted by Crippen LogP contribution is 2.22. The average molecular weight is 334 g/mol. The predicted molar refractivity (Wildman–Crippen MR) is 90.9 cm³/mol. The number of rotatable bonds is 7. The topological polar surface area (TPSA) is 84.5 Å². The number of benzene rings is 2. The van der Waals surface area contributed by atoms with Gasteiger partial charge in [-0.1, -0.05) is 42.5 Å². The van der Waals surface area contributed by atoms with Crippen molar-refractivity contribution in [3.63, 3.8) is 0 Å². The highest BCUT2D eigenvalue weighted by molar-refractivity contribution is 7.90. The zero-order chi connectivity index (χ0) is 16.7. The number of hydrogen-bond donors (Lipinski definition) is 2. The molecule has 0 saturated carbocycles. The van der Waals surface area contributed by atoms with Crippen LogP contribution in [0.4, 0.5) is 10.5 Å². The molecule has 0 atom stereocenters. The van der Waals surface area contributed by atoms with Gasteiger partial charge in [0.15, 0.2) is 0 Å². The Hall–Kier alpha value is -2.38. The summed E-state index contributed by atoms with van der Waals surface area (Å²) in [6.07, 6.45) is 1.52. The number of carbonyl (C=O) groups is 1. The van der Waals surface area contributed by atoms with Crippen molar-refractivity contribution in [2.24, 2.45) is 0 Å². The molecule has 122 valence electrons. The van der Waals surface area contributed by atoms with Gasteiger partial charge < -0.3 is 10.1 Å². The van der Waals surface area contributed by atoms with E-state index in [0.29, 0.717) is 5.69 Å². The molecule has 0 aliphatic heterocycles. The van der Waals surface area contributed by atoms with Crippen LogP contribution in [0.5, 0.6) is 0 Å². The molecule has 23 heavy (non-hydrogen) atoms. The average Bonchev–Trinajstić information content (AvgIpc) is 2.51. The van der Waals surface area contributed by atoms with Crippen molar-refractivity contribution in [2.75, 3.05) is 24.3 Å². The number of ether oxygens (including phenoxy) is 1. The third-order valence-electron chi connectivity index (χ3n) is 3.02. The number of sulfonamides is 1. The molecule has 0 bridgehead atoms. The first-order valence-corrected chi connectivity index (χ1v) is 8.65. The Bertz CT molecular complexity index is 797. The van der Waals surface area contributed by atoms with Gasteiger partial charge in [-0.2, -0.15) is 0 Å². The lowest BCUT2D eigenvalue weighted by Crippen LogP contribution is -2.37. The van der Waals surface area contributed by atoms with Gasteiger partial charge in [0.1, 0.15) is 0 Å². The van der Waals surface area contributed by atoms with Gasteiger partial charge in [0.25, 0.3) is 0 Å². The first-order valence-electron chi connectivity index (χ1n) is 7.00. The van der Waals surface area contributed by atoms with Gasteiger partial charge in [-0.05, 0) is 11.5 Å². The summed E-state index contributed by atoms with van der Waals surface area (Å²) in [7, 11) is -3.76. The van der Waals surface area contributed by atoms with Crippen LogP contribution in [0, 0.1) is 0 Å². The van der Waals surface area contributed by atoms with E-state index < -0.39 is 16.1 Å². The van der Waals surface area contributed by atoms with Gasteiger partial charge in [-0.3, -0.25) is 0 Å².